The first-order valence-corrected chi connectivity index (χ1v) is 6.62. The fraction of sp³-hybridized carbons (Fsp3) is 0.538. The van der Waals surface area contributed by atoms with Crippen LogP contribution in [0.15, 0.2) is 22.7 Å². The van der Waals surface area contributed by atoms with Crippen molar-refractivity contribution in [3.05, 3.63) is 34.1 Å². The van der Waals surface area contributed by atoms with E-state index in [0.717, 1.165) is 16.0 Å². The van der Waals surface area contributed by atoms with Crippen molar-refractivity contribution in [3.63, 3.8) is 0 Å². The monoisotopic (exact) mass is 285 g/mol. The molecule has 1 aliphatic rings. The van der Waals surface area contributed by atoms with Crippen molar-refractivity contribution in [1.29, 1.82) is 0 Å². The van der Waals surface area contributed by atoms with Crippen molar-refractivity contribution >= 4 is 15.9 Å². The Kier molecular flexibility index (Phi) is 3.98. The van der Waals surface area contributed by atoms with Gasteiger partial charge in [0.1, 0.15) is 5.82 Å². The molecule has 0 bridgehead atoms. The quantitative estimate of drug-likeness (QED) is 0.866. The molecule has 3 heteroatoms. The van der Waals surface area contributed by atoms with E-state index in [0.29, 0.717) is 12.6 Å². The lowest BCUT2D eigenvalue weighted by Gasteiger charge is -2.13. The van der Waals surface area contributed by atoms with Crippen LogP contribution in [-0.2, 0) is 6.54 Å². The van der Waals surface area contributed by atoms with E-state index in [-0.39, 0.29) is 5.82 Å². The van der Waals surface area contributed by atoms with Crippen molar-refractivity contribution < 1.29 is 4.39 Å². The molecule has 0 spiro atoms. The summed E-state index contributed by atoms with van der Waals surface area (Å²) in [5.41, 5.74) is 0.733. The predicted molar refractivity (Wildman–Crippen MR) is 67.7 cm³/mol. The van der Waals surface area contributed by atoms with Crippen LogP contribution >= 0.6 is 15.9 Å². The second kappa shape index (κ2) is 5.28. The topological polar surface area (TPSA) is 12.0 Å². The van der Waals surface area contributed by atoms with Gasteiger partial charge in [0.15, 0.2) is 0 Å². The van der Waals surface area contributed by atoms with Crippen LogP contribution in [0.2, 0.25) is 0 Å². The van der Waals surface area contributed by atoms with Crippen LogP contribution in [-0.4, -0.2) is 6.04 Å². The lowest BCUT2D eigenvalue weighted by molar-refractivity contribution is 0.478. The van der Waals surface area contributed by atoms with E-state index in [4.69, 9.17) is 0 Å². The summed E-state index contributed by atoms with van der Waals surface area (Å²) in [6.45, 7) is 2.79. The molecule has 1 nitrogen and oxygen atoms in total. The third kappa shape index (κ3) is 3.56. The second-order valence-electron chi connectivity index (χ2n) is 4.70. The highest BCUT2D eigenvalue weighted by atomic mass is 79.9. The van der Waals surface area contributed by atoms with Crippen LogP contribution in [0.1, 0.15) is 31.7 Å². The summed E-state index contributed by atoms with van der Waals surface area (Å²) in [6, 6.07) is 5.55. The molecule has 0 heterocycles. The van der Waals surface area contributed by atoms with Crippen LogP contribution in [0.5, 0.6) is 0 Å². The van der Waals surface area contributed by atoms with Gasteiger partial charge in [0.25, 0.3) is 0 Å². The van der Waals surface area contributed by atoms with Crippen molar-refractivity contribution in [3.8, 4) is 0 Å². The molecule has 1 aromatic carbocycles. The largest absolute Gasteiger partial charge is 0.310 e. The molecule has 16 heavy (non-hydrogen) atoms. The Hall–Kier alpha value is -0.410. The van der Waals surface area contributed by atoms with Gasteiger partial charge in [0.2, 0.25) is 0 Å². The second-order valence-corrected chi connectivity index (χ2v) is 5.61. The first kappa shape index (κ1) is 12.1. The molecule has 1 aromatic rings. The smallest absolute Gasteiger partial charge is 0.127 e. The van der Waals surface area contributed by atoms with Crippen LogP contribution in [0.3, 0.4) is 0 Å². The summed E-state index contributed by atoms with van der Waals surface area (Å²) >= 11 is 3.36. The lowest BCUT2D eigenvalue weighted by Crippen LogP contribution is -2.26. The van der Waals surface area contributed by atoms with E-state index in [1.165, 1.54) is 25.3 Å². The molecule has 1 unspecified atom stereocenters. The average molecular weight is 286 g/mol. The number of halogens is 2. The van der Waals surface area contributed by atoms with Crippen LogP contribution < -0.4 is 5.32 Å². The van der Waals surface area contributed by atoms with Crippen LogP contribution in [0.4, 0.5) is 4.39 Å². The van der Waals surface area contributed by atoms with Gasteiger partial charge in [-0.05, 0) is 37.5 Å². The summed E-state index contributed by atoms with van der Waals surface area (Å²) in [4.78, 5) is 0. The number of rotatable bonds is 5. The Labute approximate surface area is 105 Å². The van der Waals surface area contributed by atoms with Crippen molar-refractivity contribution in [2.24, 2.45) is 5.92 Å². The van der Waals surface area contributed by atoms with Gasteiger partial charge in [0.05, 0.1) is 0 Å². The maximum Gasteiger partial charge on any atom is 0.127 e. The summed E-state index contributed by atoms with van der Waals surface area (Å²) in [7, 11) is 0. The minimum atomic E-state index is -0.130. The standard InChI is InChI=1S/C13H17BrFN/c1-9(6-10-2-3-10)16-8-11-7-12(14)4-5-13(11)15/h4-5,7,9-10,16H,2-3,6,8H2,1H3. The number of hydrogen-bond donors (Lipinski definition) is 1. The third-order valence-corrected chi connectivity index (χ3v) is 3.53. The molecule has 0 aromatic heterocycles. The molecule has 1 N–H and O–H groups in total. The summed E-state index contributed by atoms with van der Waals surface area (Å²) in [6.07, 6.45) is 3.96. The minimum Gasteiger partial charge on any atom is -0.310 e. The van der Waals surface area contributed by atoms with Gasteiger partial charge in [-0.1, -0.05) is 28.8 Å². The lowest BCUT2D eigenvalue weighted by atomic mass is 10.1. The van der Waals surface area contributed by atoms with Crippen molar-refractivity contribution in [2.75, 3.05) is 0 Å². The molecule has 1 saturated carbocycles. The summed E-state index contributed by atoms with van der Waals surface area (Å²) < 4.78 is 14.4. The molecular weight excluding hydrogens is 269 g/mol. The van der Waals surface area contributed by atoms with Gasteiger partial charge in [0, 0.05) is 22.6 Å². The van der Waals surface area contributed by atoms with Gasteiger partial charge in [-0.15, -0.1) is 0 Å². The SMILES string of the molecule is CC(CC1CC1)NCc1cc(Br)ccc1F. The maximum atomic E-state index is 13.4. The Balaban J connectivity index is 1.85. The highest BCUT2D eigenvalue weighted by Gasteiger charge is 2.23. The van der Waals surface area contributed by atoms with Gasteiger partial charge in [-0.3, -0.25) is 0 Å². The fourth-order valence-electron chi connectivity index (χ4n) is 1.90. The van der Waals surface area contributed by atoms with Gasteiger partial charge in [-0.2, -0.15) is 0 Å². The molecule has 0 radical (unpaired) electrons. The van der Waals surface area contributed by atoms with E-state index in [9.17, 15) is 4.39 Å². The Morgan fingerprint density at radius 3 is 2.94 bits per heavy atom. The van der Waals surface area contributed by atoms with Gasteiger partial charge < -0.3 is 5.32 Å². The molecular formula is C13H17BrFN. The zero-order valence-electron chi connectivity index (χ0n) is 9.47. The zero-order valence-corrected chi connectivity index (χ0v) is 11.1. The fourth-order valence-corrected chi connectivity index (χ4v) is 2.31. The van der Waals surface area contributed by atoms with Gasteiger partial charge >= 0.3 is 0 Å². The summed E-state index contributed by atoms with van der Waals surface area (Å²) in [5, 5.41) is 3.38. The maximum absolute atomic E-state index is 13.4. The third-order valence-electron chi connectivity index (χ3n) is 3.03. The van der Waals surface area contributed by atoms with E-state index < -0.39 is 0 Å². The molecule has 1 aliphatic carbocycles. The minimum absolute atomic E-state index is 0.130. The first-order chi connectivity index (χ1) is 7.65. The molecule has 0 saturated heterocycles. The number of hydrogen-bond acceptors (Lipinski definition) is 1. The molecule has 0 amide bonds. The number of nitrogens with one attached hydrogen (secondary N) is 1. The van der Waals surface area contributed by atoms with E-state index in [1.807, 2.05) is 6.07 Å². The molecule has 0 aliphatic heterocycles. The summed E-state index contributed by atoms with van der Waals surface area (Å²) in [5.74, 6) is 0.782. The van der Waals surface area contributed by atoms with Gasteiger partial charge in [-0.25, -0.2) is 4.39 Å². The Bertz CT molecular complexity index is 363. The Morgan fingerprint density at radius 1 is 1.50 bits per heavy atom. The van der Waals surface area contributed by atoms with E-state index in [2.05, 4.69) is 28.2 Å². The highest BCUT2D eigenvalue weighted by molar-refractivity contribution is 9.10. The normalized spacial score (nSPS) is 17.4. The van der Waals surface area contributed by atoms with E-state index >= 15 is 0 Å². The predicted octanol–water partition coefficient (Wildman–Crippen LogP) is 3.87. The molecule has 88 valence electrons. The average Bonchev–Trinajstić information content (AvgIpc) is 3.03. The van der Waals surface area contributed by atoms with E-state index in [1.54, 1.807) is 6.07 Å². The van der Waals surface area contributed by atoms with Crippen LogP contribution in [0, 0.1) is 11.7 Å². The Morgan fingerprint density at radius 2 is 2.25 bits per heavy atom. The first-order valence-electron chi connectivity index (χ1n) is 5.82. The molecule has 1 fully saturated rings. The highest BCUT2D eigenvalue weighted by Crippen LogP contribution is 2.33. The molecule has 2 rings (SSSR count). The zero-order chi connectivity index (χ0) is 11.5. The molecule has 1 atom stereocenters. The van der Waals surface area contributed by atoms with Crippen molar-refractivity contribution in [2.45, 2.75) is 38.8 Å². The number of benzene rings is 1. The van der Waals surface area contributed by atoms with Crippen molar-refractivity contribution in [1.82, 2.24) is 5.32 Å². The van der Waals surface area contributed by atoms with Crippen LogP contribution in [0.25, 0.3) is 0 Å².